The van der Waals surface area contributed by atoms with Crippen LogP contribution >= 0.6 is 23.8 Å². The van der Waals surface area contributed by atoms with Crippen molar-refractivity contribution in [2.75, 3.05) is 0 Å². The Kier molecular flexibility index (Phi) is 7.17. The number of halogens is 1. The molecule has 0 fully saturated rings. The molecule has 0 spiro atoms. The van der Waals surface area contributed by atoms with E-state index in [4.69, 9.17) is 23.8 Å². The summed E-state index contributed by atoms with van der Waals surface area (Å²) in [5.74, 6) is -0.613. The van der Waals surface area contributed by atoms with Gasteiger partial charge in [0.2, 0.25) is 5.91 Å². The Bertz CT molecular complexity index is 609. The first-order valence-corrected chi connectivity index (χ1v) is 8.47. The average Bonchev–Trinajstić information content (AvgIpc) is 2.38. The molecule has 5 nitrogen and oxygen atoms in total. The number of urea groups is 1. The van der Waals surface area contributed by atoms with Crippen molar-refractivity contribution in [3.63, 3.8) is 0 Å². The van der Waals surface area contributed by atoms with Crippen LogP contribution < -0.4 is 16.0 Å². The zero-order chi connectivity index (χ0) is 18.5. The second-order valence-electron chi connectivity index (χ2n) is 6.92. The topological polar surface area (TPSA) is 70.2 Å². The maximum atomic E-state index is 12.5. The van der Waals surface area contributed by atoms with Gasteiger partial charge in [-0.15, -0.1) is 0 Å². The fourth-order valence-electron chi connectivity index (χ4n) is 2.20. The van der Waals surface area contributed by atoms with Gasteiger partial charge in [0.25, 0.3) is 0 Å². The maximum absolute atomic E-state index is 12.5. The first-order chi connectivity index (χ1) is 11.0. The van der Waals surface area contributed by atoms with Gasteiger partial charge in [0.1, 0.15) is 0 Å². The molecule has 0 unspecified atom stereocenters. The molecule has 3 N–H and O–H groups in total. The van der Waals surface area contributed by atoms with Crippen LogP contribution in [0.4, 0.5) is 4.79 Å². The van der Waals surface area contributed by atoms with Gasteiger partial charge in [-0.2, -0.15) is 0 Å². The predicted molar refractivity (Wildman–Crippen MR) is 101 cm³/mol. The van der Waals surface area contributed by atoms with Crippen LogP contribution in [0.15, 0.2) is 24.3 Å². The van der Waals surface area contributed by atoms with E-state index >= 15 is 0 Å². The third kappa shape index (κ3) is 6.84. The molecular formula is C17H24ClN3O2S. The number of nitrogens with one attached hydrogen (secondary N) is 3. The van der Waals surface area contributed by atoms with Crippen molar-refractivity contribution in [3.8, 4) is 0 Å². The van der Waals surface area contributed by atoms with Crippen LogP contribution in [-0.4, -0.2) is 22.6 Å². The summed E-state index contributed by atoms with van der Waals surface area (Å²) in [6.07, 6.45) is 0. The molecule has 0 aliphatic rings. The van der Waals surface area contributed by atoms with Gasteiger partial charge in [0, 0.05) is 10.6 Å². The molecule has 3 amide bonds. The van der Waals surface area contributed by atoms with E-state index in [1.807, 2.05) is 46.8 Å². The van der Waals surface area contributed by atoms with Crippen molar-refractivity contribution in [1.29, 1.82) is 0 Å². The lowest BCUT2D eigenvalue weighted by Gasteiger charge is -2.23. The van der Waals surface area contributed by atoms with Gasteiger partial charge in [-0.25, -0.2) is 4.79 Å². The number of amides is 3. The lowest BCUT2D eigenvalue weighted by Crippen LogP contribution is -2.52. The van der Waals surface area contributed by atoms with E-state index in [0.717, 1.165) is 5.56 Å². The molecule has 0 radical (unpaired) electrons. The lowest BCUT2D eigenvalue weighted by atomic mass is 9.88. The molecule has 0 aromatic heterocycles. The second kappa shape index (κ2) is 8.44. The summed E-state index contributed by atoms with van der Waals surface area (Å²) < 4.78 is 0. The first kappa shape index (κ1) is 20.4. The summed E-state index contributed by atoms with van der Waals surface area (Å²) in [5.41, 5.74) is 0.446. The third-order valence-electron chi connectivity index (χ3n) is 3.13. The Hall–Kier alpha value is -1.66. The van der Waals surface area contributed by atoms with Crippen LogP contribution in [0.25, 0.3) is 0 Å². The Morgan fingerprint density at radius 2 is 1.62 bits per heavy atom. The molecule has 0 aliphatic heterocycles. The van der Waals surface area contributed by atoms with Crippen LogP contribution in [0.2, 0.25) is 5.02 Å². The van der Waals surface area contributed by atoms with Crippen LogP contribution in [0.5, 0.6) is 0 Å². The van der Waals surface area contributed by atoms with Gasteiger partial charge in [-0.3, -0.25) is 10.1 Å². The number of thiocarbonyl (C=S) groups is 1. The van der Waals surface area contributed by atoms with E-state index in [9.17, 15) is 9.59 Å². The normalized spacial score (nSPS) is 12.5. The number of hydrogen-bond acceptors (Lipinski definition) is 3. The van der Waals surface area contributed by atoms with Gasteiger partial charge in [0.05, 0.1) is 5.92 Å². The number of carbonyl (C=O) groups is 2. The molecule has 0 bridgehead atoms. The molecular weight excluding hydrogens is 346 g/mol. The monoisotopic (exact) mass is 369 g/mol. The number of benzene rings is 1. The molecule has 0 saturated heterocycles. The van der Waals surface area contributed by atoms with Crippen molar-refractivity contribution in [2.24, 2.45) is 5.92 Å². The van der Waals surface area contributed by atoms with E-state index in [1.165, 1.54) is 0 Å². The molecule has 7 heteroatoms. The van der Waals surface area contributed by atoms with Crippen molar-refractivity contribution in [1.82, 2.24) is 16.0 Å². The number of hydrogen-bond donors (Lipinski definition) is 3. The SMILES string of the molecule is CC(C)[C@H](C(=O)NC(=S)NC(=O)NC(C)(C)C)c1ccc(Cl)cc1. The second-order valence-corrected chi connectivity index (χ2v) is 7.77. The van der Waals surface area contributed by atoms with Crippen LogP contribution in [0.3, 0.4) is 0 Å². The molecule has 1 aromatic carbocycles. The van der Waals surface area contributed by atoms with Crippen LogP contribution in [-0.2, 0) is 4.79 Å². The van der Waals surface area contributed by atoms with Crippen molar-refractivity contribution in [3.05, 3.63) is 34.9 Å². The van der Waals surface area contributed by atoms with Crippen molar-refractivity contribution >= 4 is 40.9 Å². The summed E-state index contributed by atoms with van der Waals surface area (Å²) in [6, 6.07) is 6.66. The van der Waals surface area contributed by atoms with E-state index in [1.54, 1.807) is 12.1 Å². The Morgan fingerprint density at radius 1 is 1.08 bits per heavy atom. The highest BCUT2D eigenvalue weighted by Crippen LogP contribution is 2.25. The summed E-state index contributed by atoms with van der Waals surface area (Å²) in [4.78, 5) is 24.3. The molecule has 1 aromatic rings. The standard InChI is InChI=1S/C17H24ClN3O2S/c1-10(2)13(11-6-8-12(18)9-7-11)14(22)19-16(24)20-15(23)21-17(3,4)5/h6-10,13H,1-5H3,(H3,19,20,21,22,23,24)/t13-/m0/s1. The quantitative estimate of drug-likeness (QED) is 0.713. The molecule has 132 valence electrons. The minimum absolute atomic E-state index is 0.0265. The van der Waals surface area contributed by atoms with Crippen molar-refractivity contribution in [2.45, 2.75) is 46.1 Å². The van der Waals surface area contributed by atoms with Gasteiger partial charge >= 0.3 is 6.03 Å². The zero-order valence-corrected chi connectivity index (χ0v) is 16.1. The van der Waals surface area contributed by atoms with Crippen LogP contribution in [0, 0.1) is 5.92 Å². The highest BCUT2D eigenvalue weighted by Gasteiger charge is 2.25. The number of carbonyl (C=O) groups excluding carboxylic acids is 2. The molecule has 24 heavy (non-hydrogen) atoms. The van der Waals surface area contributed by atoms with Crippen LogP contribution in [0.1, 0.15) is 46.1 Å². The highest BCUT2D eigenvalue weighted by atomic mass is 35.5. The van der Waals surface area contributed by atoms with Gasteiger partial charge in [-0.1, -0.05) is 37.6 Å². The molecule has 0 heterocycles. The molecule has 0 aliphatic carbocycles. The highest BCUT2D eigenvalue weighted by molar-refractivity contribution is 7.80. The smallest absolute Gasteiger partial charge is 0.321 e. The summed E-state index contributed by atoms with van der Waals surface area (Å²) in [6.45, 7) is 9.44. The van der Waals surface area contributed by atoms with Gasteiger partial charge in [-0.05, 0) is 56.6 Å². The fraction of sp³-hybridized carbons (Fsp3) is 0.471. The van der Waals surface area contributed by atoms with E-state index < -0.39 is 17.5 Å². The third-order valence-corrected chi connectivity index (χ3v) is 3.59. The minimum atomic E-state index is -0.458. The van der Waals surface area contributed by atoms with Gasteiger partial charge in [0.15, 0.2) is 5.11 Å². The Morgan fingerprint density at radius 3 is 2.08 bits per heavy atom. The molecule has 1 atom stereocenters. The largest absolute Gasteiger partial charge is 0.333 e. The molecule has 0 saturated carbocycles. The first-order valence-electron chi connectivity index (χ1n) is 7.69. The average molecular weight is 370 g/mol. The minimum Gasteiger partial charge on any atom is -0.333 e. The van der Waals surface area contributed by atoms with E-state index in [2.05, 4.69) is 16.0 Å². The summed E-state index contributed by atoms with van der Waals surface area (Å²) in [5, 5.41) is 8.32. The predicted octanol–water partition coefficient (Wildman–Crippen LogP) is 3.58. The lowest BCUT2D eigenvalue weighted by molar-refractivity contribution is -0.122. The molecule has 1 rings (SSSR count). The van der Waals surface area contributed by atoms with E-state index in [0.29, 0.717) is 5.02 Å². The maximum Gasteiger partial charge on any atom is 0.321 e. The summed E-state index contributed by atoms with van der Waals surface area (Å²) >= 11 is 10.9. The fourth-order valence-corrected chi connectivity index (χ4v) is 2.52. The van der Waals surface area contributed by atoms with Crippen molar-refractivity contribution < 1.29 is 9.59 Å². The Labute approximate surface area is 153 Å². The van der Waals surface area contributed by atoms with E-state index in [-0.39, 0.29) is 16.9 Å². The zero-order valence-electron chi connectivity index (χ0n) is 14.6. The Balaban J connectivity index is 2.74. The summed E-state index contributed by atoms with van der Waals surface area (Å²) in [7, 11) is 0. The number of rotatable bonds is 3. The van der Waals surface area contributed by atoms with Gasteiger partial charge < -0.3 is 10.6 Å².